The van der Waals surface area contributed by atoms with Crippen molar-refractivity contribution in [3.63, 3.8) is 0 Å². The number of thiol groups is 1. The van der Waals surface area contributed by atoms with Gasteiger partial charge in [0.05, 0.1) is 0 Å². The molecule has 0 radical (unpaired) electrons. The third-order valence-electron chi connectivity index (χ3n) is 3.03. The first-order valence-electron chi connectivity index (χ1n) is 6.52. The van der Waals surface area contributed by atoms with Crippen LogP contribution in [-0.4, -0.2) is 81.1 Å². The van der Waals surface area contributed by atoms with Crippen molar-refractivity contribution in [3.8, 4) is 0 Å². The predicted octanol–water partition coefficient (Wildman–Crippen LogP) is -2.08. The molecule has 9 N–H and O–H groups in total. The lowest BCUT2D eigenvalue weighted by Crippen LogP contribution is -2.65. The molecule has 1 aliphatic rings. The van der Waals surface area contributed by atoms with E-state index in [1.165, 1.54) is 0 Å². The first-order chi connectivity index (χ1) is 12.2. The molecule has 0 amide bonds. The molecule has 0 aromatic rings. The molecule has 0 heterocycles. The molecule has 0 spiro atoms. The number of aliphatic hydroxyl groups excluding tert-OH is 2. The molecule has 0 aromatic heterocycles. The topological polar surface area (TPSA) is 236 Å². The number of hydrogen-bond acceptors (Lipinski definition) is 10. The van der Waals surface area contributed by atoms with Crippen molar-refractivity contribution in [2.24, 2.45) is 0 Å². The molecule has 0 aromatic carbocycles. The molecule has 0 bridgehead atoms. The van der Waals surface area contributed by atoms with E-state index < -0.39 is 63.6 Å². The van der Waals surface area contributed by atoms with E-state index in [4.69, 9.17) is 0 Å². The van der Waals surface area contributed by atoms with E-state index in [1.54, 1.807) is 0 Å². The quantitative estimate of drug-likeness (QED) is 0.112. The van der Waals surface area contributed by atoms with Crippen LogP contribution in [0.3, 0.4) is 0 Å². The van der Waals surface area contributed by atoms with Crippen LogP contribution in [-0.2, 0) is 58.1 Å². The Balaban J connectivity index is 3.47. The van der Waals surface area contributed by atoms with E-state index in [-0.39, 0.29) is 0 Å². The lowest BCUT2D eigenvalue weighted by molar-refractivity contribution is -0.202. The summed E-state index contributed by atoms with van der Waals surface area (Å²) in [5.41, 5.74) is 0. The Kier molecular flexibility index (Phi) is 9.89. The van der Waals surface area contributed by atoms with E-state index in [0.29, 0.717) is 0 Å². The molecule has 14 nitrogen and oxygen atoms in total. The highest BCUT2D eigenvalue weighted by molar-refractivity contribution is 8.44. The summed E-state index contributed by atoms with van der Waals surface area (Å²) in [6.45, 7) is -18.5. The molecular weight excluding hydrogens is 548 g/mol. The Morgan fingerprint density at radius 3 is 1.00 bits per heavy atom. The first-order valence-corrected chi connectivity index (χ1v) is 17.1. The second-order valence-electron chi connectivity index (χ2n) is 5.22. The van der Waals surface area contributed by atoms with Crippen molar-refractivity contribution in [2.45, 2.75) is 36.6 Å². The fraction of sp³-hybridized carbons (Fsp3) is 1.00. The summed E-state index contributed by atoms with van der Waals surface area (Å²) < 4.78 is 29.9. The smallest absolute Gasteiger partial charge is 0.383 e. The van der Waals surface area contributed by atoms with Gasteiger partial charge in [0, 0.05) is 0 Å². The van der Waals surface area contributed by atoms with Gasteiger partial charge in [0.15, 0.2) is 0 Å². The number of aliphatic hydroxyl groups is 2. The van der Waals surface area contributed by atoms with Gasteiger partial charge in [-0.25, -0.2) is 4.57 Å². The molecule has 28 heavy (non-hydrogen) atoms. The summed E-state index contributed by atoms with van der Waals surface area (Å²) in [6.07, 6.45) is -13.1. The van der Waals surface area contributed by atoms with Crippen molar-refractivity contribution in [3.05, 3.63) is 0 Å². The second kappa shape index (κ2) is 9.87. The van der Waals surface area contributed by atoms with Crippen molar-refractivity contribution in [1.82, 2.24) is 0 Å². The summed E-state index contributed by atoms with van der Waals surface area (Å²) in [5.74, 6) is 0. The second-order valence-corrected chi connectivity index (χ2v) is 15.8. The van der Waals surface area contributed by atoms with E-state index >= 15 is 0 Å². The Hall–Kier alpha value is 2.01. The van der Waals surface area contributed by atoms with Crippen molar-refractivity contribution in [2.75, 3.05) is 0 Å². The highest BCUT2D eigenvalue weighted by Gasteiger charge is 2.57. The van der Waals surface area contributed by atoms with Crippen LogP contribution in [0.5, 0.6) is 0 Å². The molecule has 0 saturated heterocycles. The molecule has 0 aliphatic heterocycles. The van der Waals surface area contributed by atoms with Gasteiger partial charge in [-0.2, -0.15) is 0 Å². The van der Waals surface area contributed by atoms with Crippen molar-refractivity contribution in [1.29, 1.82) is 0 Å². The van der Waals surface area contributed by atoms with E-state index in [2.05, 4.69) is 65.8 Å². The highest BCUT2D eigenvalue weighted by Crippen LogP contribution is 2.54. The van der Waals surface area contributed by atoms with Gasteiger partial charge in [0.1, 0.15) is 36.6 Å². The maximum Gasteiger partial charge on any atom is 0.383 e. The molecule has 7 atom stereocenters. The van der Waals surface area contributed by atoms with Gasteiger partial charge in [0.25, 0.3) is 0 Å². The van der Waals surface area contributed by atoms with Crippen LogP contribution in [0.15, 0.2) is 0 Å². The van der Waals surface area contributed by atoms with Crippen LogP contribution < -0.4 is 0 Å². The highest BCUT2D eigenvalue weighted by atomic mass is 32.7. The van der Waals surface area contributed by atoms with Gasteiger partial charge in [-0.15, -0.1) is 0 Å². The summed E-state index contributed by atoms with van der Waals surface area (Å²) in [5, 5.41) is 20.8. The zero-order valence-corrected chi connectivity index (χ0v) is 19.9. The third-order valence-corrected chi connectivity index (χ3v) is 6.16. The van der Waals surface area contributed by atoms with Gasteiger partial charge >= 0.3 is 27.0 Å². The van der Waals surface area contributed by atoms with Gasteiger partial charge in [-0.05, 0) is 35.4 Å². The molecule has 168 valence electrons. The van der Waals surface area contributed by atoms with Crippen LogP contribution in [0.25, 0.3) is 0 Å². The lowest BCUT2D eigenvalue weighted by atomic mass is 9.85. The molecule has 1 unspecified atom stereocenters. The van der Waals surface area contributed by atoms with Crippen LogP contribution in [0.1, 0.15) is 0 Å². The van der Waals surface area contributed by atoms with E-state index in [9.17, 15) is 49.0 Å². The first kappa shape index (κ1) is 28.0. The molecular formula is C6H16O14P4S4. The molecule has 1 saturated carbocycles. The molecule has 1 aliphatic carbocycles. The van der Waals surface area contributed by atoms with Crippen LogP contribution in [0.2, 0.25) is 0 Å². The Morgan fingerprint density at radius 2 is 0.821 bits per heavy atom. The fourth-order valence-electron chi connectivity index (χ4n) is 2.27. The zero-order chi connectivity index (χ0) is 22.3. The van der Waals surface area contributed by atoms with Gasteiger partial charge in [-0.3, -0.25) is 18.1 Å². The van der Waals surface area contributed by atoms with Gasteiger partial charge < -0.3 is 44.5 Å². The van der Waals surface area contributed by atoms with E-state index in [0.717, 1.165) is 0 Å². The maximum atomic E-state index is 11.5. The minimum atomic E-state index is -4.73. The number of hydrogen-bond donors (Lipinski definition) is 10. The maximum absolute atomic E-state index is 11.5. The standard InChI is InChI=1S/C6H16O14P4S4/c7-1-3(17-21(9,10)25)5(19-23(13,14)27)2(8)6(20-24(15,16)28)4(1)18-22(11,12)26/h1-8H,(H2,9,10,25)(H2,11,12,26)(H2,13,14,27)(H2,15,16,28)/t1-,2-,3-,4+,5-,6+. The normalized spacial score (nSPS) is 34.8. The Bertz CT molecular complexity index is 618. The van der Waals surface area contributed by atoms with E-state index in [1.807, 2.05) is 0 Å². The Morgan fingerprint density at radius 1 is 0.607 bits per heavy atom. The minimum Gasteiger partial charge on any atom is -0.387 e. The average Bonchev–Trinajstić information content (AvgIpc) is 2.39. The Labute approximate surface area is 178 Å². The molecule has 22 heteroatoms. The molecule has 1 rings (SSSR count). The fourth-order valence-corrected chi connectivity index (χ4v) is 5.74. The minimum absolute atomic E-state index is 2.12. The lowest BCUT2D eigenvalue weighted by Gasteiger charge is -2.46. The SMILES string of the molecule is O=P(O)(S)O[C@H]1[C@H](O)[C@@H](OP(O)(O)=S)[C@H](OP(O)(O)=S)[C@@H](O)[C@@H]1OP(O)(O)=S. The van der Waals surface area contributed by atoms with Crippen LogP contribution in [0, 0.1) is 0 Å². The summed E-state index contributed by atoms with van der Waals surface area (Å²) in [6, 6.07) is 0. The largest absolute Gasteiger partial charge is 0.387 e. The van der Waals surface area contributed by atoms with Crippen LogP contribution in [0.4, 0.5) is 0 Å². The summed E-state index contributed by atoms with van der Waals surface area (Å²) in [7, 11) is 0. The van der Waals surface area contributed by atoms with Crippen molar-refractivity contribution >= 4 is 74.6 Å². The molecule has 1 fully saturated rings. The predicted molar refractivity (Wildman–Crippen MR) is 106 cm³/mol. The zero-order valence-electron chi connectivity index (χ0n) is 13.0. The van der Waals surface area contributed by atoms with Crippen molar-refractivity contribution < 1.29 is 67.1 Å². The monoisotopic (exact) mass is 564 g/mol. The summed E-state index contributed by atoms with van der Waals surface area (Å²) >= 11 is 15.9. The third kappa shape index (κ3) is 9.65. The number of rotatable bonds is 8. The van der Waals surface area contributed by atoms with Gasteiger partial charge in [-0.1, -0.05) is 12.2 Å². The van der Waals surface area contributed by atoms with Crippen LogP contribution >= 0.6 is 39.2 Å². The average molecular weight is 564 g/mol. The summed E-state index contributed by atoms with van der Waals surface area (Å²) in [4.78, 5) is 65.4. The van der Waals surface area contributed by atoms with Gasteiger partial charge in [0.2, 0.25) is 0 Å².